The minimum absolute atomic E-state index is 0.270. The molecule has 162 valence electrons. The van der Waals surface area contributed by atoms with Crippen LogP contribution in [0.15, 0.2) is 47.7 Å². The molecule has 0 spiro atoms. The summed E-state index contributed by atoms with van der Waals surface area (Å²) in [5, 5.41) is 24.9. The molecular weight excluding hydrogens is 388 g/mol. The number of hydrazone groups is 1. The van der Waals surface area contributed by atoms with E-state index >= 15 is 0 Å². The zero-order valence-electron chi connectivity index (χ0n) is 18.3. The smallest absolute Gasteiger partial charge is 0.180 e. The molecule has 3 heterocycles. The summed E-state index contributed by atoms with van der Waals surface area (Å²) < 4.78 is 0. The van der Waals surface area contributed by atoms with Crippen LogP contribution in [-0.4, -0.2) is 42.6 Å². The number of hydrogen-bond acceptors (Lipinski definition) is 7. The van der Waals surface area contributed by atoms with Crippen molar-refractivity contribution in [3.8, 4) is 22.6 Å². The minimum atomic E-state index is 0.270. The van der Waals surface area contributed by atoms with Crippen LogP contribution in [-0.2, 0) is 6.54 Å². The molecule has 0 aliphatic carbocycles. The first-order chi connectivity index (χ1) is 15.3. The van der Waals surface area contributed by atoms with Crippen LogP contribution in [0.5, 0.6) is 0 Å². The molecule has 1 aliphatic rings. The Morgan fingerprint density at radius 2 is 1.84 bits per heavy atom. The third-order valence-corrected chi connectivity index (χ3v) is 5.51. The summed E-state index contributed by atoms with van der Waals surface area (Å²) in [4.78, 5) is 4.74. The second-order valence-corrected chi connectivity index (χ2v) is 7.90. The van der Waals surface area contributed by atoms with E-state index in [1.54, 1.807) is 0 Å². The number of rotatable bonds is 10. The molecule has 0 amide bonds. The fourth-order valence-electron chi connectivity index (χ4n) is 3.80. The van der Waals surface area contributed by atoms with E-state index in [0.717, 1.165) is 54.0 Å². The highest BCUT2D eigenvalue weighted by Gasteiger charge is 2.24. The molecule has 8 heteroatoms. The number of aromatic amines is 1. The van der Waals surface area contributed by atoms with Crippen LogP contribution in [0.1, 0.15) is 57.9 Å². The van der Waals surface area contributed by atoms with E-state index in [1.165, 1.54) is 19.3 Å². The van der Waals surface area contributed by atoms with Gasteiger partial charge in [0.2, 0.25) is 0 Å². The van der Waals surface area contributed by atoms with Gasteiger partial charge in [-0.2, -0.15) is 5.10 Å². The van der Waals surface area contributed by atoms with Gasteiger partial charge in [-0.25, -0.2) is 5.10 Å². The van der Waals surface area contributed by atoms with Gasteiger partial charge < -0.3 is 5.32 Å². The molecule has 3 aromatic rings. The largest absolute Gasteiger partial charge is 0.351 e. The summed E-state index contributed by atoms with van der Waals surface area (Å²) in [6.45, 7) is 5.19. The van der Waals surface area contributed by atoms with E-state index in [4.69, 9.17) is 10.1 Å². The van der Waals surface area contributed by atoms with Crippen molar-refractivity contribution >= 4 is 5.84 Å². The predicted molar refractivity (Wildman–Crippen MR) is 122 cm³/mol. The molecule has 8 nitrogen and oxygen atoms in total. The Hall–Kier alpha value is -3.29. The van der Waals surface area contributed by atoms with Crippen molar-refractivity contribution in [1.29, 1.82) is 0 Å². The van der Waals surface area contributed by atoms with Crippen molar-refractivity contribution in [2.75, 3.05) is 0 Å². The Kier molecular flexibility index (Phi) is 6.86. The maximum Gasteiger partial charge on any atom is 0.180 e. The van der Waals surface area contributed by atoms with Gasteiger partial charge in [0.25, 0.3) is 0 Å². The van der Waals surface area contributed by atoms with E-state index in [1.807, 2.05) is 30.5 Å². The van der Waals surface area contributed by atoms with E-state index in [2.05, 4.69) is 56.9 Å². The summed E-state index contributed by atoms with van der Waals surface area (Å²) in [6.07, 6.45) is 9.04. The number of nitrogens with one attached hydrogen (secondary N) is 2. The van der Waals surface area contributed by atoms with Gasteiger partial charge in [-0.1, -0.05) is 57.0 Å². The van der Waals surface area contributed by atoms with Gasteiger partial charge in [0.05, 0.1) is 12.2 Å². The van der Waals surface area contributed by atoms with Crippen molar-refractivity contribution in [2.24, 2.45) is 5.10 Å². The Labute approximate surface area is 183 Å². The lowest BCUT2D eigenvalue weighted by molar-refractivity contribution is 0.194. The number of aromatic nitrogens is 5. The zero-order chi connectivity index (χ0) is 21.5. The molecule has 2 aromatic heterocycles. The van der Waals surface area contributed by atoms with E-state index in [9.17, 15) is 0 Å². The molecule has 1 aliphatic heterocycles. The number of benzene rings is 1. The molecule has 31 heavy (non-hydrogen) atoms. The van der Waals surface area contributed by atoms with Gasteiger partial charge in [0.1, 0.15) is 12.0 Å². The quantitative estimate of drug-likeness (QED) is 0.508. The second kappa shape index (κ2) is 10.1. The Bertz CT molecular complexity index is 981. The standard InChI is InChI=1S/C23H30N8/c1-3-5-11-21-25-22(12-6-4-2)31(28-21)16-17-13-14-20(24-15-17)18-9-7-8-10-19(18)23-26-29-30-27-23/h7-10,13-15,22H,3-6,11-12,16H2,1-2H3,(H,25,28)(H,26,27,29,30). The first-order valence-corrected chi connectivity index (χ1v) is 11.2. The summed E-state index contributed by atoms with van der Waals surface area (Å²) in [5.41, 5.74) is 3.97. The van der Waals surface area contributed by atoms with Crippen molar-refractivity contribution in [2.45, 2.75) is 65.1 Å². The average molecular weight is 419 g/mol. The van der Waals surface area contributed by atoms with Gasteiger partial charge in [-0.05, 0) is 41.3 Å². The zero-order valence-corrected chi connectivity index (χ0v) is 18.3. The fourth-order valence-corrected chi connectivity index (χ4v) is 3.80. The molecule has 0 fully saturated rings. The Balaban J connectivity index is 1.50. The maximum atomic E-state index is 4.87. The topological polar surface area (TPSA) is 95.0 Å². The van der Waals surface area contributed by atoms with Crippen LogP contribution in [0.3, 0.4) is 0 Å². The summed E-state index contributed by atoms with van der Waals surface area (Å²) >= 11 is 0. The highest BCUT2D eigenvalue weighted by Crippen LogP contribution is 2.28. The van der Waals surface area contributed by atoms with Crippen LogP contribution >= 0.6 is 0 Å². The van der Waals surface area contributed by atoms with Crippen LogP contribution in [0, 0.1) is 0 Å². The first kappa shape index (κ1) is 21.0. The summed E-state index contributed by atoms with van der Waals surface area (Å²) in [5.74, 6) is 1.75. The number of hydrogen-bond donors (Lipinski definition) is 2. The molecule has 1 aromatic carbocycles. The van der Waals surface area contributed by atoms with E-state index in [0.29, 0.717) is 5.82 Å². The highest BCUT2D eigenvalue weighted by atomic mass is 15.6. The number of unbranched alkanes of at least 4 members (excludes halogenated alkanes) is 2. The van der Waals surface area contributed by atoms with E-state index < -0.39 is 0 Å². The molecule has 0 saturated carbocycles. The minimum Gasteiger partial charge on any atom is -0.351 e. The first-order valence-electron chi connectivity index (χ1n) is 11.2. The lowest BCUT2D eigenvalue weighted by Crippen LogP contribution is -2.37. The Morgan fingerprint density at radius 1 is 1.00 bits per heavy atom. The van der Waals surface area contributed by atoms with Gasteiger partial charge in [-0.15, -0.1) is 5.10 Å². The fraction of sp³-hybridized carbons (Fsp3) is 0.435. The highest BCUT2D eigenvalue weighted by molar-refractivity contribution is 5.83. The van der Waals surface area contributed by atoms with Crippen LogP contribution < -0.4 is 5.32 Å². The van der Waals surface area contributed by atoms with Gasteiger partial charge in [0.15, 0.2) is 5.82 Å². The molecular formula is C23H30N8. The molecule has 0 radical (unpaired) electrons. The van der Waals surface area contributed by atoms with Gasteiger partial charge >= 0.3 is 0 Å². The van der Waals surface area contributed by atoms with Crippen molar-refractivity contribution in [3.63, 3.8) is 0 Å². The number of H-pyrrole nitrogens is 1. The van der Waals surface area contributed by atoms with Crippen molar-refractivity contribution < 1.29 is 0 Å². The number of amidine groups is 1. The van der Waals surface area contributed by atoms with Crippen molar-refractivity contribution in [3.05, 3.63) is 48.2 Å². The summed E-state index contributed by atoms with van der Waals surface area (Å²) in [6, 6.07) is 12.2. The van der Waals surface area contributed by atoms with Crippen molar-refractivity contribution in [1.82, 2.24) is 35.9 Å². The monoisotopic (exact) mass is 418 g/mol. The Morgan fingerprint density at radius 3 is 2.55 bits per heavy atom. The lowest BCUT2D eigenvalue weighted by Gasteiger charge is -2.23. The van der Waals surface area contributed by atoms with Gasteiger partial charge in [-0.3, -0.25) is 9.99 Å². The summed E-state index contributed by atoms with van der Waals surface area (Å²) in [7, 11) is 0. The number of nitrogens with zero attached hydrogens (tertiary/aromatic N) is 6. The van der Waals surface area contributed by atoms with E-state index in [-0.39, 0.29) is 6.17 Å². The normalized spacial score (nSPS) is 15.7. The van der Waals surface area contributed by atoms with Crippen LogP contribution in [0.4, 0.5) is 0 Å². The second-order valence-electron chi connectivity index (χ2n) is 7.90. The number of tetrazole rings is 1. The predicted octanol–water partition coefficient (Wildman–Crippen LogP) is 4.35. The lowest BCUT2D eigenvalue weighted by atomic mass is 10.0. The molecule has 2 N–H and O–H groups in total. The molecule has 0 saturated heterocycles. The van der Waals surface area contributed by atoms with Crippen LogP contribution in [0.2, 0.25) is 0 Å². The third-order valence-electron chi connectivity index (χ3n) is 5.51. The third kappa shape index (κ3) is 5.07. The SMILES string of the molecule is CCCCC1=NN(Cc2ccc(-c3ccccc3-c3nnn[nH]3)nc2)C(CCCC)N1. The molecule has 1 unspecified atom stereocenters. The maximum absolute atomic E-state index is 4.87. The van der Waals surface area contributed by atoms with Gasteiger partial charge in [0, 0.05) is 23.7 Å². The molecule has 0 bridgehead atoms. The average Bonchev–Trinajstić information content (AvgIpc) is 3.47. The van der Waals surface area contributed by atoms with Crippen LogP contribution in [0.25, 0.3) is 22.6 Å². The number of pyridine rings is 1. The molecule has 4 rings (SSSR count). The molecule has 1 atom stereocenters.